The topological polar surface area (TPSA) is 58.4 Å². The number of nitrogens with zero attached hydrogens (tertiary/aromatic N) is 1. The fourth-order valence-corrected chi connectivity index (χ4v) is 2.31. The first kappa shape index (κ1) is 14.5. The molecule has 0 aromatic rings. The molecule has 1 aliphatic heterocycles. The van der Waals surface area contributed by atoms with Gasteiger partial charge < -0.3 is 11.1 Å². The number of unbranched alkanes of at least 4 members (excludes halogenated alkanes) is 2. The van der Waals surface area contributed by atoms with Crippen LogP contribution in [0.4, 0.5) is 0 Å². The minimum Gasteiger partial charge on any atom is -0.355 e. The van der Waals surface area contributed by atoms with E-state index in [0.29, 0.717) is 5.92 Å². The number of carbonyl (C=O) groups is 1. The van der Waals surface area contributed by atoms with Crippen LogP contribution in [-0.2, 0) is 4.79 Å². The third-order valence-electron chi connectivity index (χ3n) is 3.66. The Bertz CT molecular complexity index is 233. The number of nitrogens with one attached hydrogen (secondary N) is 1. The minimum atomic E-state index is -0.00632. The Morgan fingerprint density at radius 3 is 2.88 bits per heavy atom. The molecule has 0 aromatic carbocycles. The highest BCUT2D eigenvalue weighted by molar-refractivity contribution is 5.81. The van der Waals surface area contributed by atoms with Crippen LogP contribution in [0.25, 0.3) is 0 Å². The standard InChI is InChI=1S/C13H27N3O/c1-3-4-5-7-15-13(17)11(2)16-8-6-12(9-14)10-16/h11-12H,3-10,14H2,1-2H3,(H,15,17). The van der Waals surface area contributed by atoms with Gasteiger partial charge in [-0.2, -0.15) is 0 Å². The van der Waals surface area contributed by atoms with Crippen LogP contribution in [0.5, 0.6) is 0 Å². The van der Waals surface area contributed by atoms with Gasteiger partial charge in [0.1, 0.15) is 0 Å². The molecule has 0 radical (unpaired) electrons. The SMILES string of the molecule is CCCCCNC(=O)C(C)N1CCC(CN)C1. The van der Waals surface area contributed by atoms with Gasteiger partial charge in [-0.15, -0.1) is 0 Å². The molecule has 0 aliphatic carbocycles. The van der Waals surface area contributed by atoms with E-state index < -0.39 is 0 Å². The Morgan fingerprint density at radius 2 is 2.29 bits per heavy atom. The van der Waals surface area contributed by atoms with Crippen LogP contribution in [0, 0.1) is 5.92 Å². The number of carbonyl (C=O) groups excluding carboxylic acids is 1. The smallest absolute Gasteiger partial charge is 0.237 e. The third kappa shape index (κ3) is 4.64. The fraction of sp³-hybridized carbons (Fsp3) is 0.923. The van der Waals surface area contributed by atoms with E-state index in [-0.39, 0.29) is 11.9 Å². The predicted octanol–water partition coefficient (Wildman–Crippen LogP) is 0.962. The molecule has 1 saturated heterocycles. The van der Waals surface area contributed by atoms with Gasteiger partial charge in [-0.05, 0) is 38.8 Å². The monoisotopic (exact) mass is 241 g/mol. The summed E-state index contributed by atoms with van der Waals surface area (Å²) in [7, 11) is 0. The second-order valence-corrected chi connectivity index (χ2v) is 5.06. The third-order valence-corrected chi connectivity index (χ3v) is 3.66. The van der Waals surface area contributed by atoms with Gasteiger partial charge in [0, 0.05) is 13.1 Å². The van der Waals surface area contributed by atoms with E-state index in [1.165, 1.54) is 12.8 Å². The molecule has 1 heterocycles. The Hall–Kier alpha value is -0.610. The minimum absolute atomic E-state index is 0.00632. The first-order valence-corrected chi connectivity index (χ1v) is 6.90. The zero-order valence-electron chi connectivity index (χ0n) is 11.2. The van der Waals surface area contributed by atoms with E-state index in [9.17, 15) is 4.79 Å². The first-order chi connectivity index (χ1) is 8.19. The lowest BCUT2D eigenvalue weighted by Crippen LogP contribution is -2.44. The molecule has 2 unspecified atom stereocenters. The maximum absolute atomic E-state index is 11.9. The molecule has 17 heavy (non-hydrogen) atoms. The molecule has 1 fully saturated rings. The zero-order valence-corrected chi connectivity index (χ0v) is 11.2. The summed E-state index contributed by atoms with van der Waals surface area (Å²) in [4.78, 5) is 14.1. The fourth-order valence-electron chi connectivity index (χ4n) is 2.31. The van der Waals surface area contributed by atoms with Crippen molar-refractivity contribution in [3.05, 3.63) is 0 Å². The Labute approximate surface area is 105 Å². The maximum Gasteiger partial charge on any atom is 0.237 e. The van der Waals surface area contributed by atoms with Gasteiger partial charge in [0.05, 0.1) is 6.04 Å². The lowest BCUT2D eigenvalue weighted by atomic mass is 10.1. The van der Waals surface area contributed by atoms with Gasteiger partial charge in [-0.3, -0.25) is 9.69 Å². The number of likely N-dealkylation sites (tertiary alicyclic amines) is 1. The number of hydrogen-bond donors (Lipinski definition) is 2. The Kier molecular flexibility index (Phi) is 6.52. The van der Waals surface area contributed by atoms with Crippen molar-refractivity contribution in [3.8, 4) is 0 Å². The van der Waals surface area contributed by atoms with Crippen LogP contribution in [-0.4, -0.2) is 43.0 Å². The van der Waals surface area contributed by atoms with Crippen LogP contribution in [0.2, 0.25) is 0 Å². The quantitative estimate of drug-likeness (QED) is 0.653. The highest BCUT2D eigenvalue weighted by atomic mass is 16.2. The highest BCUT2D eigenvalue weighted by Crippen LogP contribution is 2.17. The van der Waals surface area contributed by atoms with E-state index in [1.54, 1.807) is 0 Å². The average molecular weight is 241 g/mol. The van der Waals surface area contributed by atoms with Gasteiger partial charge in [0.25, 0.3) is 0 Å². The van der Waals surface area contributed by atoms with Crippen molar-refractivity contribution in [1.29, 1.82) is 0 Å². The van der Waals surface area contributed by atoms with Gasteiger partial charge in [-0.25, -0.2) is 0 Å². The summed E-state index contributed by atoms with van der Waals surface area (Å²) in [5.74, 6) is 0.740. The summed E-state index contributed by atoms with van der Waals surface area (Å²) in [6.45, 7) is 7.69. The molecule has 100 valence electrons. The van der Waals surface area contributed by atoms with Crippen LogP contribution < -0.4 is 11.1 Å². The molecule has 0 bridgehead atoms. The molecule has 4 nitrogen and oxygen atoms in total. The Balaban J connectivity index is 2.22. The van der Waals surface area contributed by atoms with Crippen LogP contribution in [0.1, 0.15) is 39.5 Å². The summed E-state index contributed by atoms with van der Waals surface area (Å²) in [5.41, 5.74) is 5.66. The Morgan fingerprint density at radius 1 is 1.53 bits per heavy atom. The highest BCUT2D eigenvalue weighted by Gasteiger charge is 2.28. The number of nitrogens with two attached hydrogens (primary N) is 1. The summed E-state index contributed by atoms with van der Waals surface area (Å²) in [6.07, 6.45) is 4.59. The van der Waals surface area contributed by atoms with E-state index in [1.807, 2.05) is 6.92 Å². The van der Waals surface area contributed by atoms with Crippen molar-refractivity contribution >= 4 is 5.91 Å². The first-order valence-electron chi connectivity index (χ1n) is 6.90. The zero-order chi connectivity index (χ0) is 12.7. The van der Waals surface area contributed by atoms with Crippen molar-refractivity contribution in [1.82, 2.24) is 10.2 Å². The van der Waals surface area contributed by atoms with Crippen molar-refractivity contribution in [2.75, 3.05) is 26.2 Å². The van der Waals surface area contributed by atoms with Crippen LogP contribution in [0.3, 0.4) is 0 Å². The molecule has 0 spiro atoms. The second-order valence-electron chi connectivity index (χ2n) is 5.06. The average Bonchev–Trinajstić information content (AvgIpc) is 2.82. The molecule has 2 atom stereocenters. The van der Waals surface area contributed by atoms with Crippen molar-refractivity contribution < 1.29 is 4.79 Å². The molecule has 3 N–H and O–H groups in total. The van der Waals surface area contributed by atoms with E-state index in [4.69, 9.17) is 5.73 Å². The van der Waals surface area contributed by atoms with Crippen molar-refractivity contribution in [2.24, 2.45) is 11.7 Å². The van der Waals surface area contributed by atoms with Crippen molar-refractivity contribution in [3.63, 3.8) is 0 Å². The summed E-state index contributed by atoms with van der Waals surface area (Å²) < 4.78 is 0. The summed E-state index contributed by atoms with van der Waals surface area (Å²) in [5, 5.41) is 3.02. The molecule has 1 amide bonds. The van der Waals surface area contributed by atoms with E-state index in [2.05, 4.69) is 17.1 Å². The van der Waals surface area contributed by atoms with E-state index >= 15 is 0 Å². The van der Waals surface area contributed by atoms with Crippen LogP contribution >= 0.6 is 0 Å². The number of amides is 1. The second kappa shape index (κ2) is 7.67. The van der Waals surface area contributed by atoms with Crippen molar-refractivity contribution in [2.45, 2.75) is 45.6 Å². The predicted molar refractivity (Wildman–Crippen MR) is 70.7 cm³/mol. The van der Waals surface area contributed by atoms with Gasteiger partial charge in [-0.1, -0.05) is 19.8 Å². The maximum atomic E-state index is 11.9. The number of hydrogen-bond acceptors (Lipinski definition) is 3. The summed E-state index contributed by atoms with van der Waals surface area (Å²) in [6, 6.07) is -0.00632. The molecule has 1 rings (SSSR count). The molecular weight excluding hydrogens is 214 g/mol. The molecular formula is C13H27N3O. The van der Waals surface area contributed by atoms with Gasteiger partial charge in [0.15, 0.2) is 0 Å². The largest absolute Gasteiger partial charge is 0.355 e. The molecule has 0 aromatic heterocycles. The molecule has 0 saturated carbocycles. The lowest BCUT2D eigenvalue weighted by Gasteiger charge is -2.23. The van der Waals surface area contributed by atoms with E-state index in [0.717, 1.165) is 39.0 Å². The normalized spacial score (nSPS) is 22.6. The van der Waals surface area contributed by atoms with Crippen LogP contribution in [0.15, 0.2) is 0 Å². The lowest BCUT2D eigenvalue weighted by molar-refractivity contribution is -0.125. The van der Waals surface area contributed by atoms with Gasteiger partial charge >= 0.3 is 0 Å². The van der Waals surface area contributed by atoms with Gasteiger partial charge in [0.2, 0.25) is 5.91 Å². The molecule has 4 heteroatoms. The summed E-state index contributed by atoms with van der Waals surface area (Å²) >= 11 is 0. The number of rotatable bonds is 7. The molecule has 1 aliphatic rings.